The zero-order valence-corrected chi connectivity index (χ0v) is 12.5. The summed E-state index contributed by atoms with van der Waals surface area (Å²) in [5.41, 5.74) is 2.71. The molecule has 1 fully saturated rings. The molecule has 1 heterocycles. The number of carbonyl (C=O) groups is 1. The maximum atomic E-state index is 12.2. The summed E-state index contributed by atoms with van der Waals surface area (Å²) in [7, 11) is 0. The smallest absolute Gasteiger partial charge is 0.255 e. The Labute approximate surface area is 130 Å². The fourth-order valence-electron chi connectivity index (χ4n) is 2.50. The molecule has 0 aliphatic carbocycles. The van der Waals surface area contributed by atoms with E-state index >= 15 is 0 Å². The van der Waals surface area contributed by atoms with Gasteiger partial charge in [-0.25, -0.2) is 0 Å². The standard InChI is InChI=1S/C18H20N2O2/c21-18(19-17-4-2-1-3-5-17)16-8-6-15(7-9-16)14-20-10-12-22-13-11-20/h1-9H,10-14H2,(H,19,21). The largest absolute Gasteiger partial charge is 0.379 e. The highest BCUT2D eigenvalue weighted by Gasteiger charge is 2.11. The molecule has 0 unspecified atom stereocenters. The molecule has 1 saturated heterocycles. The Bertz CT molecular complexity index is 605. The minimum absolute atomic E-state index is 0.0795. The van der Waals surface area contributed by atoms with Gasteiger partial charge in [0.1, 0.15) is 0 Å². The molecule has 0 bridgehead atoms. The van der Waals surface area contributed by atoms with Gasteiger partial charge in [-0.15, -0.1) is 0 Å². The van der Waals surface area contributed by atoms with Crippen LogP contribution in [0.15, 0.2) is 54.6 Å². The number of hydrogen-bond donors (Lipinski definition) is 1. The van der Waals surface area contributed by atoms with E-state index in [-0.39, 0.29) is 5.91 Å². The molecule has 0 aromatic heterocycles. The molecule has 3 rings (SSSR count). The van der Waals surface area contributed by atoms with Crippen molar-refractivity contribution in [2.75, 3.05) is 31.6 Å². The van der Waals surface area contributed by atoms with Crippen molar-refractivity contribution in [3.63, 3.8) is 0 Å². The summed E-state index contributed by atoms with van der Waals surface area (Å²) in [4.78, 5) is 14.5. The summed E-state index contributed by atoms with van der Waals surface area (Å²) in [6.45, 7) is 4.45. The SMILES string of the molecule is O=C(Nc1ccccc1)c1ccc(CN2CCOCC2)cc1. The zero-order chi connectivity index (χ0) is 15.2. The second kappa shape index (κ2) is 7.20. The van der Waals surface area contributed by atoms with Crippen LogP contribution < -0.4 is 5.32 Å². The highest BCUT2D eigenvalue weighted by Crippen LogP contribution is 2.12. The fraction of sp³-hybridized carbons (Fsp3) is 0.278. The molecular weight excluding hydrogens is 276 g/mol. The first kappa shape index (κ1) is 14.8. The molecule has 1 N–H and O–H groups in total. The summed E-state index contributed by atoms with van der Waals surface area (Å²) in [6, 6.07) is 17.3. The predicted molar refractivity (Wildman–Crippen MR) is 86.9 cm³/mol. The topological polar surface area (TPSA) is 41.6 Å². The number of para-hydroxylation sites is 1. The molecule has 0 spiro atoms. The number of hydrogen-bond acceptors (Lipinski definition) is 3. The van der Waals surface area contributed by atoms with Gasteiger partial charge >= 0.3 is 0 Å². The Balaban J connectivity index is 1.59. The van der Waals surface area contributed by atoms with Gasteiger partial charge in [-0.05, 0) is 29.8 Å². The van der Waals surface area contributed by atoms with Crippen LogP contribution in [0.3, 0.4) is 0 Å². The Morgan fingerprint density at radius 2 is 1.68 bits per heavy atom. The first-order valence-electron chi connectivity index (χ1n) is 7.57. The monoisotopic (exact) mass is 296 g/mol. The average molecular weight is 296 g/mol. The zero-order valence-electron chi connectivity index (χ0n) is 12.5. The van der Waals surface area contributed by atoms with E-state index in [1.165, 1.54) is 5.56 Å². The third-order valence-electron chi connectivity index (χ3n) is 3.76. The van der Waals surface area contributed by atoms with Crippen molar-refractivity contribution in [1.29, 1.82) is 0 Å². The Kier molecular flexibility index (Phi) is 4.83. The minimum atomic E-state index is -0.0795. The van der Waals surface area contributed by atoms with E-state index in [1.54, 1.807) is 0 Å². The van der Waals surface area contributed by atoms with E-state index in [9.17, 15) is 4.79 Å². The van der Waals surface area contributed by atoms with Crippen molar-refractivity contribution >= 4 is 11.6 Å². The molecule has 0 radical (unpaired) electrons. The first-order valence-corrected chi connectivity index (χ1v) is 7.57. The molecule has 0 atom stereocenters. The summed E-state index contributed by atoms with van der Waals surface area (Å²) in [6.07, 6.45) is 0. The molecule has 2 aromatic rings. The van der Waals surface area contributed by atoms with Gasteiger partial charge in [0.2, 0.25) is 0 Å². The normalized spacial score (nSPS) is 15.5. The van der Waals surface area contributed by atoms with E-state index in [0.29, 0.717) is 5.56 Å². The van der Waals surface area contributed by atoms with E-state index in [4.69, 9.17) is 4.74 Å². The van der Waals surface area contributed by atoms with Crippen molar-refractivity contribution in [2.24, 2.45) is 0 Å². The van der Waals surface area contributed by atoms with Gasteiger partial charge < -0.3 is 10.1 Å². The Morgan fingerprint density at radius 1 is 1.00 bits per heavy atom. The van der Waals surface area contributed by atoms with Gasteiger partial charge in [0, 0.05) is 30.9 Å². The number of amides is 1. The van der Waals surface area contributed by atoms with Gasteiger partial charge in [-0.3, -0.25) is 9.69 Å². The van der Waals surface area contributed by atoms with Gasteiger partial charge in [0.15, 0.2) is 0 Å². The van der Waals surface area contributed by atoms with E-state index in [0.717, 1.165) is 38.5 Å². The van der Waals surface area contributed by atoms with E-state index in [2.05, 4.69) is 10.2 Å². The van der Waals surface area contributed by atoms with E-state index in [1.807, 2.05) is 54.6 Å². The van der Waals surface area contributed by atoms with Crippen molar-refractivity contribution in [1.82, 2.24) is 4.90 Å². The molecule has 22 heavy (non-hydrogen) atoms. The number of rotatable bonds is 4. The lowest BCUT2D eigenvalue weighted by Crippen LogP contribution is -2.35. The number of nitrogens with zero attached hydrogens (tertiary/aromatic N) is 1. The lowest BCUT2D eigenvalue weighted by molar-refractivity contribution is 0.0342. The molecule has 1 aliphatic rings. The number of carbonyl (C=O) groups excluding carboxylic acids is 1. The lowest BCUT2D eigenvalue weighted by atomic mass is 10.1. The highest BCUT2D eigenvalue weighted by atomic mass is 16.5. The lowest BCUT2D eigenvalue weighted by Gasteiger charge is -2.26. The van der Waals surface area contributed by atoms with Gasteiger partial charge in [-0.1, -0.05) is 30.3 Å². The molecule has 1 aliphatic heterocycles. The van der Waals surface area contributed by atoms with Crippen LogP contribution in [0, 0.1) is 0 Å². The molecule has 4 nitrogen and oxygen atoms in total. The van der Waals surface area contributed by atoms with Gasteiger partial charge in [0.05, 0.1) is 13.2 Å². The fourth-order valence-corrected chi connectivity index (χ4v) is 2.50. The van der Waals surface area contributed by atoms with Crippen molar-refractivity contribution in [2.45, 2.75) is 6.54 Å². The summed E-state index contributed by atoms with van der Waals surface area (Å²) in [5.74, 6) is -0.0795. The summed E-state index contributed by atoms with van der Waals surface area (Å²) < 4.78 is 5.35. The van der Waals surface area contributed by atoms with E-state index < -0.39 is 0 Å². The van der Waals surface area contributed by atoms with Crippen LogP contribution in [0.2, 0.25) is 0 Å². The van der Waals surface area contributed by atoms with Crippen LogP contribution >= 0.6 is 0 Å². The van der Waals surface area contributed by atoms with Crippen LogP contribution in [0.4, 0.5) is 5.69 Å². The second-order valence-corrected chi connectivity index (χ2v) is 5.41. The quantitative estimate of drug-likeness (QED) is 0.943. The molecular formula is C18H20N2O2. The third kappa shape index (κ3) is 3.93. The van der Waals surface area contributed by atoms with Crippen molar-refractivity contribution in [3.05, 3.63) is 65.7 Å². The van der Waals surface area contributed by atoms with Crippen LogP contribution in [0.1, 0.15) is 15.9 Å². The highest BCUT2D eigenvalue weighted by molar-refractivity contribution is 6.04. The maximum Gasteiger partial charge on any atom is 0.255 e. The molecule has 1 amide bonds. The number of nitrogens with one attached hydrogen (secondary N) is 1. The van der Waals surface area contributed by atoms with Crippen LogP contribution in [0.25, 0.3) is 0 Å². The van der Waals surface area contributed by atoms with Crippen LogP contribution in [-0.4, -0.2) is 37.1 Å². The average Bonchev–Trinajstić information content (AvgIpc) is 2.57. The summed E-state index contributed by atoms with van der Waals surface area (Å²) >= 11 is 0. The van der Waals surface area contributed by atoms with Gasteiger partial charge in [0.25, 0.3) is 5.91 Å². The predicted octanol–water partition coefficient (Wildman–Crippen LogP) is 2.77. The molecule has 114 valence electrons. The number of morpholine rings is 1. The third-order valence-corrected chi connectivity index (χ3v) is 3.76. The Hall–Kier alpha value is -2.17. The van der Waals surface area contributed by atoms with Crippen LogP contribution in [0.5, 0.6) is 0 Å². The second-order valence-electron chi connectivity index (χ2n) is 5.41. The summed E-state index contributed by atoms with van der Waals surface area (Å²) in [5, 5.41) is 2.89. The maximum absolute atomic E-state index is 12.2. The molecule has 0 saturated carbocycles. The minimum Gasteiger partial charge on any atom is -0.379 e. The molecule has 4 heteroatoms. The number of ether oxygens (including phenoxy) is 1. The molecule has 2 aromatic carbocycles. The number of anilines is 1. The van der Waals surface area contributed by atoms with Crippen molar-refractivity contribution < 1.29 is 9.53 Å². The Morgan fingerprint density at radius 3 is 2.36 bits per heavy atom. The number of benzene rings is 2. The first-order chi connectivity index (χ1) is 10.8. The van der Waals surface area contributed by atoms with Crippen molar-refractivity contribution in [3.8, 4) is 0 Å². The van der Waals surface area contributed by atoms with Gasteiger partial charge in [-0.2, -0.15) is 0 Å². The van der Waals surface area contributed by atoms with Crippen LogP contribution in [-0.2, 0) is 11.3 Å².